The lowest BCUT2D eigenvalue weighted by molar-refractivity contribution is 0.419. The molecule has 1 heterocycles. The van der Waals surface area contributed by atoms with Crippen molar-refractivity contribution in [2.45, 2.75) is 52.9 Å². The lowest BCUT2D eigenvalue weighted by Gasteiger charge is -2.16. The average molecular weight is 376 g/mol. The van der Waals surface area contributed by atoms with E-state index < -0.39 is 0 Å². The fraction of sp³-hybridized carbons (Fsp3) is 0.480. The maximum Gasteiger partial charge on any atom is 0.100 e. The minimum Gasteiger partial charge on any atom is -0.330 e. The summed E-state index contributed by atoms with van der Waals surface area (Å²) in [7, 11) is 2.10. The largest absolute Gasteiger partial charge is 0.330 e. The molecule has 28 heavy (non-hydrogen) atoms. The molecule has 1 fully saturated rings. The highest BCUT2D eigenvalue weighted by Crippen LogP contribution is 2.39. The molecular formula is C25H33N3. The van der Waals surface area contributed by atoms with E-state index in [-0.39, 0.29) is 0 Å². The fourth-order valence-electron chi connectivity index (χ4n) is 4.95. The monoisotopic (exact) mass is 375 g/mol. The highest BCUT2D eigenvalue weighted by molar-refractivity contribution is 5.96. The van der Waals surface area contributed by atoms with E-state index in [2.05, 4.69) is 62.8 Å². The van der Waals surface area contributed by atoms with E-state index in [1.807, 2.05) is 0 Å². The van der Waals surface area contributed by atoms with E-state index in [9.17, 15) is 0 Å². The van der Waals surface area contributed by atoms with Crippen LogP contribution in [0.3, 0.4) is 0 Å². The fourth-order valence-corrected chi connectivity index (χ4v) is 4.95. The summed E-state index contributed by atoms with van der Waals surface area (Å²) in [4.78, 5) is 0. The van der Waals surface area contributed by atoms with Gasteiger partial charge in [0, 0.05) is 23.7 Å². The summed E-state index contributed by atoms with van der Waals surface area (Å²) in [6, 6.07) is 11.2. The van der Waals surface area contributed by atoms with Gasteiger partial charge in [-0.1, -0.05) is 48.7 Å². The van der Waals surface area contributed by atoms with E-state index in [4.69, 9.17) is 10.8 Å². The number of aromatic nitrogens is 2. The van der Waals surface area contributed by atoms with E-state index in [0.29, 0.717) is 5.92 Å². The van der Waals surface area contributed by atoms with E-state index >= 15 is 0 Å². The van der Waals surface area contributed by atoms with Crippen LogP contribution >= 0.6 is 0 Å². The van der Waals surface area contributed by atoms with Crippen molar-refractivity contribution in [2.75, 3.05) is 6.54 Å². The molecule has 148 valence electrons. The number of aryl methyl sites for hydroxylation is 4. The molecule has 3 nitrogen and oxygen atoms in total. The first-order valence-corrected chi connectivity index (χ1v) is 10.7. The van der Waals surface area contributed by atoms with Gasteiger partial charge in [0.25, 0.3) is 0 Å². The maximum absolute atomic E-state index is 5.93. The second-order valence-electron chi connectivity index (χ2n) is 8.87. The predicted molar refractivity (Wildman–Crippen MR) is 119 cm³/mol. The van der Waals surface area contributed by atoms with E-state index in [0.717, 1.165) is 30.8 Å². The minimum atomic E-state index is 0.669. The Kier molecular flexibility index (Phi) is 5.29. The van der Waals surface area contributed by atoms with Crippen LogP contribution in [0, 0.1) is 32.6 Å². The summed E-state index contributed by atoms with van der Waals surface area (Å²) < 4.78 is 2.11. The molecule has 1 aliphatic carbocycles. The number of nitrogens with two attached hydrogens (primary N) is 1. The van der Waals surface area contributed by atoms with Gasteiger partial charge in [0.05, 0.1) is 0 Å². The lowest BCUT2D eigenvalue weighted by atomic mass is 9.90. The molecule has 1 saturated carbocycles. The molecule has 0 amide bonds. The Balaban J connectivity index is 1.77. The van der Waals surface area contributed by atoms with E-state index in [1.54, 1.807) is 0 Å². The summed E-state index contributed by atoms with van der Waals surface area (Å²) in [6.45, 7) is 7.37. The zero-order valence-electron chi connectivity index (χ0n) is 17.8. The number of rotatable bonds is 7. The van der Waals surface area contributed by atoms with Crippen LogP contribution in [0.2, 0.25) is 0 Å². The van der Waals surface area contributed by atoms with Gasteiger partial charge in [0.2, 0.25) is 0 Å². The second-order valence-corrected chi connectivity index (χ2v) is 8.87. The van der Waals surface area contributed by atoms with Gasteiger partial charge in [-0.15, -0.1) is 0 Å². The number of hydrogen-bond donors (Lipinski definition) is 1. The van der Waals surface area contributed by atoms with Crippen LogP contribution in [-0.2, 0) is 13.5 Å². The van der Waals surface area contributed by atoms with Crippen molar-refractivity contribution in [3.63, 3.8) is 0 Å². The highest BCUT2D eigenvalue weighted by Gasteiger charge is 2.26. The Morgan fingerprint density at radius 3 is 2.50 bits per heavy atom. The van der Waals surface area contributed by atoms with Crippen molar-refractivity contribution < 1.29 is 0 Å². The third-order valence-corrected chi connectivity index (χ3v) is 6.35. The van der Waals surface area contributed by atoms with Crippen LogP contribution < -0.4 is 5.73 Å². The topological polar surface area (TPSA) is 43.8 Å². The van der Waals surface area contributed by atoms with Crippen molar-refractivity contribution in [3.05, 3.63) is 52.7 Å². The zero-order valence-corrected chi connectivity index (χ0v) is 17.8. The number of benzene rings is 2. The Bertz CT molecular complexity index is 971. The first-order chi connectivity index (χ1) is 13.5. The number of fused-ring (bicyclic) bond motifs is 1. The van der Waals surface area contributed by atoms with Crippen molar-refractivity contribution in [1.82, 2.24) is 9.78 Å². The SMILES string of the molecule is Cc1cc(C)c(-c2cccc3c(CC(CCN)CC4CC4)n(C)nc23)c(C)c1. The van der Waals surface area contributed by atoms with Crippen molar-refractivity contribution in [3.8, 4) is 11.1 Å². The molecule has 2 N–H and O–H groups in total. The predicted octanol–water partition coefficient (Wildman–Crippen LogP) is 5.47. The molecule has 0 saturated heterocycles. The molecule has 1 atom stereocenters. The molecule has 4 rings (SSSR count). The normalized spacial score (nSPS) is 15.3. The molecule has 1 aromatic heterocycles. The summed E-state index contributed by atoms with van der Waals surface area (Å²) in [5.74, 6) is 1.60. The molecule has 0 spiro atoms. The number of hydrogen-bond acceptors (Lipinski definition) is 2. The summed E-state index contributed by atoms with van der Waals surface area (Å²) in [5, 5.41) is 6.29. The van der Waals surface area contributed by atoms with Gasteiger partial charge in [-0.25, -0.2) is 0 Å². The third kappa shape index (κ3) is 3.73. The average Bonchev–Trinajstić information content (AvgIpc) is 3.38. The molecular weight excluding hydrogens is 342 g/mol. The van der Waals surface area contributed by atoms with Crippen molar-refractivity contribution in [2.24, 2.45) is 24.6 Å². The standard InChI is InChI=1S/C25H33N3/c1-16-12-17(2)24(18(3)13-16)22-7-5-6-21-23(28(4)27-25(21)22)15-20(10-11-26)14-19-8-9-19/h5-7,12-13,19-20H,8-11,14-15,26H2,1-4H3. The molecule has 2 aromatic carbocycles. The van der Waals surface area contributed by atoms with Crippen molar-refractivity contribution in [1.29, 1.82) is 0 Å². The quantitative estimate of drug-likeness (QED) is 0.595. The molecule has 1 aliphatic rings. The minimum absolute atomic E-state index is 0.669. The van der Waals surface area contributed by atoms with Gasteiger partial charge in [-0.3, -0.25) is 4.68 Å². The summed E-state index contributed by atoms with van der Waals surface area (Å²) in [6.07, 6.45) is 6.32. The second kappa shape index (κ2) is 7.71. The Hall–Kier alpha value is -2.13. The summed E-state index contributed by atoms with van der Waals surface area (Å²) in [5.41, 5.74) is 15.0. The molecule has 0 bridgehead atoms. The Morgan fingerprint density at radius 1 is 1.14 bits per heavy atom. The van der Waals surface area contributed by atoms with Gasteiger partial charge >= 0.3 is 0 Å². The molecule has 0 aliphatic heterocycles. The van der Waals surface area contributed by atoms with Gasteiger partial charge in [0.1, 0.15) is 5.52 Å². The van der Waals surface area contributed by atoms with Gasteiger partial charge in [-0.2, -0.15) is 5.10 Å². The highest BCUT2D eigenvalue weighted by atomic mass is 15.3. The van der Waals surface area contributed by atoms with Gasteiger partial charge < -0.3 is 5.73 Å². The van der Waals surface area contributed by atoms with Gasteiger partial charge in [0.15, 0.2) is 0 Å². The van der Waals surface area contributed by atoms with Crippen LogP contribution in [-0.4, -0.2) is 16.3 Å². The Labute approximate surface area is 168 Å². The van der Waals surface area contributed by atoms with Crippen LogP contribution in [0.25, 0.3) is 22.0 Å². The van der Waals surface area contributed by atoms with Crippen LogP contribution in [0.15, 0.2) is 30.3 Å². The molecule has 0 radical (unpaired) electrons. The van der Waals surface area contributed by atoms with Gasteiger partial charge in [-0.05, 0) is 75.1 Å². The van der Waals surface area contributed by atoms with E-state index in [1.165, 1.54) is 58.2 Å². The number of nitrogens with zero attached hydrogens (tertiary/aromatic N) is 2. The van der Waals surface area contributed by atoms with Crippen LogP contribution in [0.5, 0.6) is 0 Å². The third-order valence-electron chi connectivity index (χ3n) is 6.35. The smallest absolute Gasteiger partial charge is 0.100 e. The molecule has 1 unspecified atom stereocenters. The molecule has 3 heteroatoms. The lowest BCUT2D eigenvalue weighted by Crippen LogP contribution is -2.14. The Morgan fingerprint density at radius 2 is 1.86 bits per heavy atom. The van der Waals surface area contributed by atoms with Crippen LogP contribution in [0.1, 0.15) is 48.1 Å². The van der Waals surface area contributed by atoms with Crippen LogP contribution in [0.4, 0.5) is 0 Å². The zero-order chi connectivity index (χ0) is 19.8. The molecule has 3 aromatic rings. The first kappa shape index (κ1) is 19.2. The maximum atomic E-state index is 5.93. The summed E-state index contributed by atoms with van der Waals surface area (Å²) >= 11 is 0. The first-order valence-electron chi connectivity index (χ1n) is 10.7. The van der Waals surface area contributed by atoms with Crippen molar-refractivity contribution >= 4 is 10.9 Å².